The molecule has 3 heterocycles. The summed E-state index contributed by atoms with van der Waals surface area (Å²) in [6.07, 6.45) is 5.24. The van der Waals surface area contributed by atoms with Crippen LogP contribution in [0, 0.1) is 0 Å². The zero-order chi connectivity index (χ0) is 13.2. The van der Waals surface area contributed by atoms with Gasteiger partial charge in [-0.15, -0.1) is 0 Å². The van der Waals surface area contributed by atoms with Gasteiger partial charge in [-0.25, -0.2) is 4.98 Å². The quantitative estimate of drug-likeness (QED) is 0.792. The highest BCUT2D eigenvalue weighted by Crippen LogP contribution is 2.27. The van der Waals surface area contributed by atoms with Gasteiger partial charge in [0.2, 0.25) is 0 Å². The first-order chi connectivity index (χ1) is 9.31. The van der Waals surface area contributed by atoms with Crippen LogP contribution in [0.3, 0.4) is 0 Å². The van der Waals surface area contributed by atoms with Crippen LogP contribution in [0.5, 0.6) is 0 Å². The SMILES string of the molecule is CCN1CCC(c2cn3c(C=O)cccc3n2)CC1. The van der Waals surface area contributed by atoms with Crippen molar-refractivity contribution in [3.8, 4) is 0 Å². The van der Waals surface area contributed by atoms with Gasteiger partial charge < -0.3 is 4.90 Å². The molecule has 0 radical (unpaired) electrons. The van der Waals surface area contributed by atoms with E-state index in [2.05, 4.69) is 16.8 Å². The zero-order valence-corrected chi connectivity index (χ0v) is 11.2. The molecule has 0 N–H and O–H groups in total. The summed E-state index contributed by atoms with van der Waals surface area (Å²) < 4.78 is 1.90. The molecule has 1 aliphatic rings. The van der Waals surface area contributed by atoms with Crippen LogP contribution in [0.2, 0.25) is 0 Å². The van der Waals surface area contributed by atoms with E-state index in [1.807, 2.05) is 28.8 Å². The number of carbonyl (C=O) groups excluding carboxylic acids is 1. The molecule has 1 saturated heterocycles. The zero-order valence-electron chi connectivity index (χ0n) is 11.2. The monoisotopic (exact) mass is 257 g/mol. The Balaban J connectivity index is 1.88. The van der Waals surface area contributed by atoms with Gasteiger partial charge in [-0.2, -0.15) is 0 Å². The molecule has 19 heavy (non-hydrogen) atoms. The van der Waals surface area contributed by atoms with Gasteiger partial charge in [0, 0.05) is 12.1 Å². The number of pyridine rings is 1. The number of aldehydes is 1. The second kappa shape index (κ2) is 5.13. The Morgan fingerprint density at radius 1 is 1.37 bits per heavy atom. The Hall–Kier alpha value is -1.68. The van der Waals surface area contributed by atoms with Gasteiger partial charge >= 0.3 is 0 Å². The molecular formula is C15H19N3O. The standard InChI is InChI=1S/C15H19N3O/c1-2-17-8-6-12(7-9-17)14-10-18-13(11-19)4-3-5-15(18)16-14/h3-5,10-12H,2,6-9H2,1H3. The number of carbonyl (C=O) groups is 1. The van der Waals surface area contributed by atoms with Crippen molar-refractivity contribution in [3.63, 3.8) is 0 Å². The number of rotatable bonds is 3. The molecule has 0 aliphatic carbocycles. The van der Waals surface area contributed by atoms with E-state index >= 15 is 0 Å². The van der Waals surface area contributed by atoms with Crippen molar-refractivity contribution >= 4 is 11.9 Å². The summed E-state index contributed by atoms with van der Waals surface area (Å²) in [5.41, 5.74) is 2.67. The van der Waals surface area contributed by atoms with Crippen molar-refractivity contribution in [3.05, 3.63) is 35.8 Å². The van der Waals surface area contributed by atoms with Gasteiger partial charge in [0.1, 0.15) is 5.65 Å². The summed E-state index contributed by atoms with van der Waals surface area (Å²) in [6, 6.07) is 5.67. The Kier molecular flexibility index (Phi) is 3.34. The third-order valence-electron chi connectivity index (χ3n) is 4.12. The lowest BCUT2D eigenvalue weighted by atomic mass is 9.94. The van der Waals surface area contributed by atoms with Crippen molar-refractivity contribution in [1.82, 2.24) is 14.3 Å². The number of hydrogen-bond acceptors (Lipinski definition) is 3. The van der Waals surface area contributed by atoms with Gasteiger partial charge in [-0.3, -0.25) is 9.20 Å². The summed E-state index contributed by atoms with van der Waals surface area (Å²) in [4.78, 5) is 18.2. The Bertz CT molecular complexity index is 582. The summed E-state index contributed by atoms with van der Waals surface area (Å²) in [7, 11) is 0. The Morgan fingerprint density at radius 2 is 2.16 bits per heavy atom. The first-order valence-corrected chi connectivity index (χ1v) is 6.97. The number of imidazole rings is 1. The molecule has 3 rings (SSSR count). The Labute approximate surface area is 113 Å². The third kappa shape index (κ3) is 2.28. The van der Waals surface area contributed by atoms with E-state index in [-0.39, 0.29) is 0 Å². The van der Waals surface area contributed by atoms with Gasteiger partial charge in [-0.1, -0.05) is 13.0 Å². The topological polar surface area (TPSA) is 37.6 Å². The van der Waals surface area contributed by atoms with E-state index in [0.717, 1.165) is 50.1 Å². The summed E-state index contributed by atoms with van der Waals surface area (Å²) in [5.74, 6) is 0.530. The molecule has 0 unspecified atom stereocenters. The molecule has 100 valence electrons. The molecule has 2 aromatic rings. The molecular weight excluding hydrogens is 238 g/mol. The summed E-state index contributed by atoms with van der Waals surface area (Å²) in [5, 5.41) is 0. The number of aromatic nitrogens is 2. The van der Waals surface area contributed by atoms with Crippen molar-refractivity contribution < 1.29 is 4.79 Å². The van der Waals surface area contributed by atoms with Crippen LogP contribution in [0.15, 0.2) is 24.4 Å². The van der Waals surface area contributed by atoms with Crippen LogP contribution in [0.4, 0.5) is 0 Å². The van der Waals surface area contributed by atoms with E-state index in [1.165, 1.54) is 0 Å². The predicted octanol–water partition coefficient (Wildman–Crippen LogP) is 2.35. The van der Waals surface area contributed by atoms with E-state index in [0.29, 0.717) is 11.6 Å². The predicted molar refractivity (Wildman–Crippen MR) is 74.7 cm³/mol. The van der Waals surface area contributed by atoms with E-state index in [9.17, 15) is 4.79 Å². The fourth-order valence-corrected chi connectivity index (χ4v) is 2.89. The van der Waals surface area contributed by atoms with Crippen molar-refractivity contribution in [2.75, 3.05) is 19.6 Å². The van der Waals surface area contributed by atoms with Crippen LogP contribution in [0.25, 0.3) is 5.65 Å². The van der Waals surface area contributed by atoms with Gasteiger partial charge in [0.15, 0.2) is 6.29 Å². The summed E-state index contributed by atoms with van der Waals surface area (Å²) in [6.45, 7) is 5.64. The number of likely N-dealkylation sites (tertiary alicyclic amines) is 1. The number of piperidine rings is 1. The molecule has 0 atom stereocenters. The van der Waals surface area contributed by atoms with Crippen molar-refractivity contribution in [1.29, 1.82) is 0 Å². The molecule has 4 heteroatoms. The number of nitrogens with zero attached hydrogens (tertiary/aromatic N) is 3. The second-order valence-electron chi connectivity index (χ2n) is 5.17. The van der Waals surface area contributed by atoms with Crippen LogP contribution in [-0.4, -0.2) is 40.2 Å². The fourth-order valence-electron chi connectivity index (χ4n) is 2.89. The lowest BCUT2D eigenvalue weighted by molar-refractivity contribution is 0.111. The lowest BCUT2D eigenvalue weighted by Crippen LogP contribution is -2.32. The van der Waals surface area contributed by atoms with Crippen LogP contribution < -0.4 is 0 Å². The maximum atomic E-state index is 11.0. The molecule has 2 aromatic heterocycles. The first-order valence-electron chi connectivity index (χ1n) is 6.97. The van der Waals surface area contributed by atoms with Gasteiger partial charge in [0.25, 0.3) is 0 Å². The molecule has 1 fully saturated rings. The highest BCUT2D eigenvalue weighted by Gasteiger charge is 2.22. The molecule has 0 spiro atoms. The average molecular weight is 257 g/mol. The minimum absolute atomic E-state index is 0.530. The van der Waals surface area contributed by atoms with E-state index in [1.54, 1.807) is 0 Å². The van der Waals surface area contributed by atoms with E-state index in [4.69, 9.17) is 0 Å². The van der Waals surface area contributed by atoms with Gasteiger partial charge in [0.05, 0.1) is 11.4 Å². The smallest absolute Gasteiger partial charge is 0.166 e. The van der Waals surface area contributed by atoms with Crippen LogP contribution >= 0.6 is 0 Å². The molecule has 0 amide bonds. The maximum absolute atomic E-state index is 11.0. The normalized spacial score (nSPS) is 17.9. The summed E-state index contributed by atoms with van der Waals surface area (Å²) >= 11 is 0. The number of hydrogen-bond donors (Lipinski definition) is 0. The lowest BCUT2D eigenvalue weighted by Gasteiger charge is -2.30. The first kappa shape index (κ1) is 12.4. The van der Waals surface area contributed by atoms with Crippen LogP contribution in [0.1, 0.15) is 41.9 Å². The van der Waals surface area contributed by atoms with E-state index < -0.39 is 0 Å². The highest BCUT2D eigenvalue weighted by atomic mass is 16.1. The minimum Gasteiger partial charge on any atom is -0.304 e. The molecule has 4 nitrogen and oxygen atoms in total. The molecule has 0 saturated carbocycles. The fraction of sp³-hybridized carbons (Fsp3) is 0.467. The molecule has 0 bridgehead atoms. The van der Waals surface area contributed by atoms with Gasteiger partial charge in [-0.05, 0) is 44.6 Å². The van der Waals surface area contributed by atoms with Crippen LogP contribution in [-0.2, 0) is 0 Å². The van der Waals surface area contributed by atoms with Crippen molar-refractivity contribution in [2.24, 2.45) is 0 Å². The number of fused-ring (bicyclic) bond motifs is 1. The highest BCUT2D eigenvalue weighted by molar-refractivity contribution is 5.73. The molecule has 1 aliphatic heterocycles. The maximum Gasteiger partial charge on any atom is 0.166 e. The van der Waals surface area contributed by atoms with Crippen molar-refractivity contribution in [2.45, 2.75) is 25.7 Å². The largest absolute Gasteiger partial charge is 0.304 e. The average Bonchev–Trinajstić information content (AvgIpc) is 2.91. The minimum atomic E-state index is 0.530. The second-order valence-corrected chi connectivity index (χ2v) is 5.17. The third-order valence-corrected chi connectivity index (χ3v) is 4.12. The Morgan fingerprint density at radius 3 is 2.84 bits per heavy atom. The molecule has 0 aromatic carbocycles.